The number of sulfonamides is 1. The first kappa shape index (κ1) is 39.1. The summed E-state index contributed by atoms with van der Waals surface area (Å²) >= 11 is 2.37. The van der Waals surface area contributed by atoms with Crippen LogP contribution in [0.2, 0.25) is 0 Å². The smallest absolute Gasteiger partial charge is 0.123 e. The van der Waals surface area contributed by atoms with Crippen LogP contribution in [0.5, 0.6) is 5.75 Å². The van der Waals surface area contributed by atoms with Crippen LogP contribution < -0.4 is 34.9 Å². The van der Waals surface area contributed by atoms with Crippen LogP contribution in [0.4, 0.5) is 4.39 Å². The molecule has 1 heterocycles. The second kappa shape index (κ2) is 16.1. The van der Waals surface area contributed by atoms with Crippen molar-refractivity contribution in [1.82, 2.24) is 9.62 Å². The molecule has 1 aliphatic heterocycles. The third kappa shape index (κ3) is 9.57. The monoisotopic (exact) mass is 704 g/mol. The Morgan fingerprint density at radius 3 is 2.00 bits per heavy atom. The summed E-state index contributed by atoms with van der Waals surface area (Å²) in [5.74, 6) is 0.602. The molecule has 1 fully saturated rings. The number of benzene rings is 2. The van der Waals surface area contributed by atoms with Crippen LogP contribution >= 0.6 is 0 Å². The summed E-state index contributed by atoms with van der Waals surface area (Å²) in [6.45, 7) is 16.0. The molecule has 0 bridgehead atoms. The number of ether oxygens (including phenoxy) is 1. The van der Waals surface area contributed by atoms with Crippen LogP contribution in [0.25, 0.3) is 0 Å². The van der Waals surface area contributed by atoms with Gasteiger partial charge in [-0.05, 0) is 67.3 Å². The zero-order chi connectivity index (χ0) is 28.9. The van der Waals surface area contributed by atoms with Gasteiger partial charge in [-0.3, -0.25) is 0 Å². The number of aryl methyl sites for hydroxylation is 2. The van der Waals surface area contributed by atoms with Crippen molar-refractivity contribution in [3.05, 3.63) is 58.4 Å². The van der Waals surface area contributed by atoms with Gasteiger partial charge in [-0.2, -0.15) is 0 Å². The molecule has 3 rings (SSSR count). The van der Waals surface area contributed by atoms with Crippen LogP contribution in [0.3, 0.4) is 0 Å². The van der Waals surface area contributed by atoms with Gasteiger partial charge in [0.05, 0.1) is 0 Å². The van der Waals surface area contributed by atoms with Crippen LogP contribution in [0.1, 0.15) is 89.6 Å². The average Bonchev–Trinajstić information content (AvgIpc) is 3.08. The summed E-state index contributed by atoms with van der Waals surface area (Å²) < 4.78 is 46.3. The Balaban J connectivity index is 0.000000729. The molecular weight excluding hydrogens is 659 g/mol. The predicted molar refractivity (Wildman–Crippen MR) is 152 cm³/mol. The molecule has 0 amide bonds. The molecule has 0 spiro atoms. The minimum atomic E-state index is -3.40. The second-order valence-corrected chi connectivity index (χ2v) is 14.1. The van der Waals surface area contributed by atoms with E-state index < -0.39 is 10.0 Å². The maximum absolute atomic E-state index is 13.8. The standard InChI is InChI=1S/C18H28FN.C12H17NO3S.2ClH.Ru/c1-7-12-9-14(19)10-13(8-2)15(12)16-17(3,4)11-18(5,6)20-16;1-5-8-16-12-7-6-11(9-10(12)2)17(14,15)13(3)4;;;/h9-10,16,20H,7-8,11H2,1-6H3;2,6-7,9H,5,8H2,1,3-4H3;2*1H;/q;;;;+2/p-2. The van der Waals surface area contributed by atoms with Gasteiger partial charge in [0.2, 0.25) is 0 Å². The molecule has 2 aromatic carbocycles. The van der Waals surface area contributed by atoms with Crippen molar-refractivity contribution >= 4 is 14.6 Å². The van der Waals surface area contributed by atoms with E-state index in [1.165, 1.54) is 24.0 Å². The molecule has 40 heavy (non-hydrogen) atoms. The van der Waals surface area contributed by atoms with Crippen molar-refractivity contribution in [2.45, 2.75) is 90.6 Å². The Bertz CT molecular complexity index is 1210. The van der Waals surface area contributed by atoms with Crippen molar-refractivity contribution in [2.24, 2.45) is 5.41 Å². The molecule has 5 nitrogen and oxygen atoms in total. The van der Waals surface area contributed by atoms with Gasteiger partial charge >= 0.3 is 118 Å². The molecule has 1 atom stereocenters. The third-order valence-corrected chi connectivity index (χ3v) is 9.26. The summed E-state index contributed by atoms with van der Waals surface area (Å²) in [6.07, 6.45) is 3.81. The van der Waals surface area contributed by atoms with Crippen molar-refractivity contribution < 1.29 is 60.2 Å². The molecule has 0 radical (unpaired) electrons. The number of halogens is 3. The summed E-state index contributed by atoms with van der Waals surface area (Å²) in [5.41, 5.74) is 4.75. The van der Waals surface area contributed by atoms with Crippen molar-refractivity contribution in [2.75, 3.05) is 20.7 Å². The maximum Gasteiger partial charge on any atom is 0.123 e. The number of hydrogen-bond donors (Lipinski definition) is 1. The van der Waals surface area contributed by atoms with Gasteiger partial charge < -0.3 is 30.1 Å². The van der Waals surface area contributed by atoms with E-state index in [1.54, 1.807) is 34.9 Å². The van der Waals surface area contributed by atoms with Crippen molar-refractivity contribution in [1.29, 1.82) is 0 Å². The van der Waals surface area contributed by atoms with Crippen molar-refractivity contribution in [3.63, 3.8) is 0 Å². The first-order valence-corrected chi connectivity index (χ1v) is 15.8. The molecule has 10 heteroatoms. The van der Waals surface area contributed by atoms with E-state index in [9.17, 15) is 12.8 Å². The van der Waals surface area contributed by atoms with Crippen molar-refractivity contribution in [3.8, 4) is 5.75 Å². The second-order valence-electron chi connectivity index (χ2n) is 11.4. The van der Waals surface area contributed by atoms with Crippen LogP contribution in [-0.2, 0) is 40.7 Å². The van der Waals surface area contributed by atoms with E-state index in [2.05, 4.69) is 64.7 Å². The van der Waals surface area contributed by atoms with E-state index in [4.69, 9.17) is 4.74 Å². The zero-order valence-electron chi connectivity index (χ0n) is 25.1. The summed E-state index contributed by atoms with van der Waals surface area (Å²) in [5, 5.41) is 3.78. The third-order valence-electron chi connectivity index (χ3n) is 6.91. The molecule has 0 aromatic heterocycles. The first-order chi connectivity index (χ1) is 17.6. The van der Waals surface area contributed by atoms with E-state index in [-0.39, 0.29) is 46.5 Å². The van der Waals surface area contributed by atoms with E-state index in [1.807, 2.05) is 6.92 Å². The Morgan fingerprint density at radius 1 is 1.05 bits per heavy atom. The topological polar surface area (TPSA) is 58.6 Å². The average molecular weight is 705 g/mol. The van der Waals surface area contributed by atoms with Crippen LogP contribution in [-0.4, -0.2) is 43.6 Å². The Hall–Kier alpha value is -0.887. The molecule has 2 aromatic rings. The predicted octanol–water partition coefficient (Wildman–Crippen LogP) is 0.221. The Kier molecular flexibility index (Phi) is 15.7. The van der Waals surface area contributed by atoms with Crippen LogP contribution in [0, 0.1) is 11.2 Å². The SMILES string of the molecule is CCCOc1ccc(S(=O)(=O)N(C)C)cc1[CH]=[Ru+2].CCc1cc(F)cc(CC)c1C1NC(C)(C)CC1(C)C.[Cl-].[Cl-]. The largest absolute Gasteiger partial charge is 1.00 e. The number of nitrogens with zero attached hydrogens (tertiary/aromatic N) is 1. The molecule has 1 unspecified atom stereocenters. The molecule has 1 saturated heterocycles. The first-order valence-electron chi connectivity index (χ1n) is 13.3. The fraction of sp³-hybridized carbons (Fsp3) is 0.567. The molecule has 0 aliphatic carbocycles. The van der Waals surface area contributed by atoms with Gasteiger partial charge in [0, 0.05) is 11.6 Å². The minimum Gasteiger partial charge on any atom is -1.00 e. The fourth-order valence-corrected chi connectivity index (χ4v) is 6.68. The van der Waals surface area contributed by atoms with Crippen LogP contribution in [0.15, 0.2) is 35.2 Å². The Labute approximate surface area is 264 Å². The molecular formula is C30H45Cl2FN2O3RuS. The fourth-order valence-electron chi connectivity index (χ4n) is 5.35. The van der Waals surface area contributed by atoms with Gasteiger partial charge in [0.25, 0.3) is 0 Å². The summed E-state index contributed by atoms with van der Waals surface area (Å²) in [4.78, 5) is 0.271. The Morgan fingerprint density at radius 2 is 1.60 bits per heavy atom. The number of nitrogens with one attached hydrogen (secondary N) is 1. The maximum atomic E-state index is 13.8. The summed E-state index contributed by atoms with van der Waals surface area (Å²) in [7, 11) is -0.366. The van der Waals surface area contributed by atoms with E-state index in [0.717, 1.165) is 42.4 Å². The summed E-state index contributed by atoms with van der Waals surface area (Å²) in [6, 6.07) is 8.64. The number of rotatable bonds is 9. The molecule has 1 N–H and O–H groups in total. The zero-order valence-corrected chi connectivity index (χ0v) is 29.2. The van der Waals surface area contributed by atoms with Gasteiger partial charge in [-0.25, -0.2) is 4.39 Å². The molecule has 0 saturated carbocycles. The number of hydrogen-bond acceptors (Lipinski definition) is 4. The van der Waals surface area contributed by atoms with E-state index >= 15 is 0 Å². The molecule has 228 valence electrons. The minimum absolute atomic E-state index is 0. The quantitative estimate of drug-likeness (QED) is 0.380. The van der Waals surface area contributed by atoms with Gasteiger partial charge in [0.15, 0.2) is 0 Å². The van der Waals surface area contributed by atoms with Gasteiger partial charge in [-0.15, -0.1) is 0 Å². The van der Waals surface area contributed by atoms with E-state index in [0.29, 0.717) is 18.4 Å². The molecule has 1 aliphatic rings. The van der Waals surface area contributed by atoms with Gasteiger partial charge in [0.1, 0.15) is 5.82 Å². The van der Waals surface area contributed by atoms with Gasteiger partial charge in [-0.1, -0.05) is 27.7 Å². The normalized spacial score (nSPS) is 17.2.